The number of hydrogen-bond acceptors (Lipinski definition) is 4. The van der Waals surface area contributed by atoms with Crippen molar-refractivity contribution in [3.05, 3.63) is 51.8 Å². The number of rotatable bonds is 5. The second-order valence-corrected chi connectivity index (χ2v) is 9.60. The van der Waals surface area contributed by atoms with E-state index in [1.807, 2.05) is 19.9 Å². The van der Waals surface area contributed by atoms with Crippen LogP contribution in [0, 0.1) is 5.82 Å². The fourth-order valence-corrected chi connectivity index (χ4v) is 4.28. The molecule has 2 rings (SSSR count). The van der Waals surface area contributed by atoms with Crippen LogP contribution in [-0.4, -0.2) is 32.3 Å². The Morgan fingerprint density at radius 3 is 2.69 bits per heavy atom. The number of benzene rings is 1. The number of guanidine groups is 1. The van der Waals surface area contributed by atoms with E-state index in [2.05, 4.69) is 10.3 Å². The molecule has 1 aromatic rings. The van der Waals surface area contributed by atoms with Crippen LogP contribution in [0.4, 0.5) is 10.1 Å². The minimum Gasteiger partial charge on any atom is -0.369 e. The highest BCUT2D eigenvalue weighted by atomic mass is 35.5. The zero-order valence-corrected chi connectivity index (χ0v) is 19.6. The predicted molar refractivity (Wildman–Crippen MR) is 125 cm³/mol. The lowest BCUT2D eigenvalue weighted by Crippen LogP contribution is -2.47. The van der Waals surface area contributed by atoms with Gasteiger partial charge in [0.25, 0.3) is 0 Å². The van der Waals surface area contributed by atoms with Gasteiger partial charge in [-0.15, -0.1) is 0 Å². The van der Waals surface area contributed by atoms with Crippen LogP contribution >= 0.6 is 23.8 Å². The molecule has 0 radical (unpaired) electrons. The first-order valence-corrected chi connectivity index (χ1v) is 11.2. The molecule has 0 saturated carbocycles. The SMILES string of the molecule is CCc1cc(NC(=S)C(C)=CC=C(C)Cl)cc(C2(C)CS(=O)N(C)C(N)=N2)c1F. The standard InChI is InChI=1S/C20H26ClFN4OS2/c1-6-14-9-15(24-18(28)12(2)7-8-13(3)21)10-16(17(14)22)20(4)11-29(27)26(5)19(23)25-20/h7-10H,6,11H2,1-5H3,(H2,23,25)(H,24,28). The molecule has 0 spiro atoms. The van der Waals surface area contributed by atoms with Crippen molar-refractivity contribution in [3.8, 4) is 0 Å². The molecule has 2 atom stereocenters. The lowest BCUT2D eigenvalue weighted by Gasteiger charge is -2.34. The molecule has 0 fully saturated rings. The van der Waals surface area contributed by atoms with Crippen molar-refractivity contribution in [2.24, 2.45) is 10.7 Å². The van der Waals surface area contributed by atoms with Crippen molar-refractivity contribution < 1.29 is 8.60 Å². The molecule has 3 N–H and O–H groups in total. The van der Waals surface area contributed by atoms with Gasteiger partial charge in [0.2, 0.25) is 5.96 Å². The minimum atomic E-state index is -1.40. The maximum atomic E-state index is 15.2. The molecule has 5 nitrogen and oxygen atoms in total. The first-order valence-electron chi connectivity index (χ1n) is 9.11. The van der Waals surface area contributed by atoms with Gasteiger partial charge in [0.15, 0.2) is 0 Å². The van der Waals surface area contributed by atoms with E-state index in [1.54, 1.807) is 39.1 Å². The van der Waals surface area contributed by atoms with Crippen LogP contribution in [0.5, 0.6) is 0 Å². The Morgan fingerprint density at radius 2 is 2.14 bits per heavy atom. The van der Waals surface area contributed by atoms with E-state index in [4.69, 9.17) is 29.6 Å². The number of aliphatic imine (C=N–C) groups is 1. The molecule has 1 aliphatic heterocycles. The highest BCUT2D eigenvalue weighted by molar-refractivity contribution is 7.83. The quantitative estimate of drug-likeness (QED) is 0.392. The van der Waals surface area contributed by atoms with Gasteiger partial charge in [-0.05, 0) is 56.5 Å². The molecule has 1 aromatic carbocycles. The van der Waals surface area contributed by atoms with Gasteiger partial charge >= 0.3 is 0 Å². The average Bonchev–Trinajstić information content (AvgIpc) is 2.64. The molecule has 1 heterocycles. The topological polar surface area (TPSA) is 70.7 Å². The zero-order valence-electron chi connectivity index (χ0n) is 17.2. The van der Waals surface area contributed by atoms with Crippen LogP contribution in [0.1, 0.15) is 38.8 Å². The van der Waals surface area contributed by atoms with E-state index >= 15 is 4.39 Å². The number of anilines is 1. The molecule has 2 unspecified atom stereocenters. The Labute approximate surface area is 184 Å². The highest BCUT2D eigenvalue weighted by Gasteiger charge is 2.38. The maximum absolute atomic E-state index is 15.2. The van der Waals surface area contributed by atoms with Crippen LogP contribution in [0.2, 0.25) is 0 Å². The minimum absolute atomic E-state index is 0.116. The monoisotopic (exact) mass is 456 g/mol. The largest absolute Gasteiger partial charge is 0.369 e. The molecule has 9 heteroatoms. The molecular formula is C20H26ClFN4OS2. The summed E-state index contributed by atoms with van der Waals surface area (Å²) < 4.78 is 29.0. The molecule has 0 saturated heterocycles. The van der Waals surface area contributed by atoms with Crippen molar-refractivity contribution >= 4 is 51.4 Å². The van der Waals surface area contributed by atoms with Crippen molar-refractivity contribution in [2.75, 3.05) is 18.1 Å². The van der Waals surface area contributed by atoms with Crippen molar-refractivity contribution in [2.45, 2.75) is 39.7 Å². The van der Waals surface area contributed by atoms with Gasteiger partial charge in [-0.25, -0.2) is 13.6 Å². The number of thiocarbonyl (C=S) groups is 1. The fraction of sp³-hybridized carbons (Fsp3) is 0.400. The van der Waals surface area contributed by atoms with Gasteiger partial charge in [-0.1, -0.05) is 36.8 Å². The molecule has 0 aliphatic carbocycles. The summed E-state index contributed by atoms with van der Waals surface area (Å²) in [6, 6.07) is 3.39. The smallest absolute Gasteiger partial charge is 0.204 e. The Hall–Kier alpha value is -1.77. The molecule has 0 aromatic heterocycles. The number of hydrogen-bond donors (Lipinski definition) is 2. The highest BCUT2D eigenvalue weighted by Crippen LogP contribution is 2.35. The Kier molecular flexibility index (Phi) is 7.59. The lowest BCUT2D eigenvalue weighted by molar-refractivity contribution is 0.479. The average molecular weight is 457 g/mol. The van der Waals surface area contributed by atoms with Gasteiger partial charge in [0.05, 0.1) is 5.75 Å². The van der Waals surface area contributed by atoms with E-state index in [-0.39, 0.29) is 17.5 Å². The second kappa shape index (κ2) is 9.36. The summed E-state index contributed by atoms with van der Waals surface area (Å²) in [6.45, 7) is 7.25. The summed E-state index contributed by atoms with van der Waals surface area (Å²) in [5.41, 5.74) is 7.19. The first kappa shape index (κ1) is 23.5. The summed E-state index contributed by atoms with van der Waals surface area (Å²) in [6.07, 6.45) is 4.06. The number of nitrogens with two attached hydrogens (primary N) is 1. The Morgan fingerprint density at radius 1 is 1.48 bits per heavy atom. The van der Waals surface area contributed by atoms with E-state index in [1.165, 1.54) is 4.31 Å². The molecule has 158 valence electrons. The fourth-order valence-electron chi connectivity index (χ4n) is 2.89. The van der Waals surface area contributed by atoms with Crippen molar-refractivity contribution in [1.29, 1.82) is 0 Å². The van der Waals surface area contributed by atoms with Gasteiger partial charge < -0.3 is 11.1 Å². The number of allylic oxidation sites excluding steroid dienone is 3. The van der Waals surface area contributed by atoms with Crippen LogP contribution in [0.25, 0.3) is 0 Å². The molecule has 0 amide bonds. The van der Waals surface area contributed by atoms with Crippen LogP contribution in [0.15, 0.2) is 39.9 Å². The van der Waals surface area contributed by atoms with Gasteiger partial charge in [-0.2, -0.15) is 0 Å². The third kappa shape index (κ3) is 5.43. The van der Waals surface area contributed by atoms with E-state index < -0.39 is 16.5 Å². The molecule has 29 heavy (non-hydrogen) atoms. The number of aryl methyl sites for hydroxylation is 1. The predicted octanol–water partition coefficient (Wildman–Crippen LogP) is 4.36. The summed E-state index contributed by atoms with van der Waals surface area (Å²) in [4.78, 5) is 4.95. The zero-order chi connectivity index (χ0) is 21.9. The summed E-state index contributed by atoms with van der Waals surface area (Å²) in [5, 5.41) is 3.80. The number of halogens is 2. The molecule has 1 aliphatic rings. The lowest BCUT2D eigenvalue weighted by atomic mass is 9.91. The molecular weight excluding hydrogens is 431 g/mol. The Bertz CT molecular complexity index is 941. The van der Waals surface area contributed by atoms with E-state index in [0.717, 1.165) is 5.57 Å². The maximum Gasteiger partial charge on any atom is 0.204 e. The van der Waals surface area contributed by atoms with Crippen molar-refractivity contribution in [3.63, 3.8) is 0 Å². The van der Waals surface area contributed by atoms with Gasteiger partial charge in [0.1, 0.15) is 27.3 Å². The van der Waals surface area contributed by atoms with E-state index in [9.17, 15) is 4.21 Å². The van der Waals surface area contributed by atoms with Gasteiger partial charge in [-0.3, -0.25) is 4.31 Å². The van der Waals surface area contributed by atoms with Crippen LogP contribution in [0.3, 0.4) is 0 Å². The number of nitrogens with zero attached hydrogens (tertiary/aromatic N) is 2. The number of nitrogens with one attached hydrogen (secondary N) is 1. The van der Waals surface area contributed by atoms with Crippen molar-refractivity contribution in [1.82, 2.24) is 4.31 Å². The van der Waals surface area contributed by atoms with Crippen LogP contribution < -0.4 is 11.1 Å². The second-order valence-electron chi connectivity index (χ2n) is 7.11. The summed E-state index contributed by atoms with van der Waals surface area (Å²) >= 11 is 11.3. The summed E-state index contributed by atoms with van der Waals surface area (Å²) in [7, 11) is 0.205. The van der Waals surface area contributed by atoms with Gasteiger partial charge in [0, 0.05) is 23.3 Å². The first-order chi connectivity index (χ1) is 13.5. The third-order valence-electron chi connectivity index (χ3n) is 4.68. The normalized spacial score (nSPS) is 23.1. The summed E-state index contributed by atoms with van der Waals surface area (Å²) in [5.74, 6) is -0.111. The van der Waals surface area contributed by atoms with Crippen LogP contribution in [-0.2, 0) is 22.9 Å². The van der Waals surface area contributed by atoms with E-state index in [0.29, 0.717) is 33.3 Å². The third-order valence-corrected chi connectivity index (χ3v) is 6.84. The Balaban J connectivity index is 2.49. The molecule has 0 bridgehead atoms.